The van der Waals surface area contributed by atoms with Crippen LogP contribution in [0.25, 0.3) is 0 Å². The number of ether oxygens (including phenoxy) is 1. The van der Waals surface area contributed by atoms with Gasteiger partial charge in [-0.2, -0.15) is 0 Å². The number of benzene rings is 1. The van der Waals surface area contributed by atoms with E-state index in [4.69, 9.17) is 4.74 Å². The smallest absolute Gasteiger partial charge is 0.234 e. The van der Waals surface area contributed by atoms with Crippen LogP contribution in [0.5, 0.6) is 5.75 Å². The highest BCUT2D eigenvalue weighted by Gasteiger charge is 2.08. The van der Waals surface area contributed by atoms with Crippen LogP contribution in [0.15, 0.2) is 22.7 Å². The molecule has 0 aromatic heterocycles. The van der Waals surface area contributed by atoms with Crippen LogP contribution in [0, 0.1) is 5.92 Å². The molecule has 0 heterocycles. The normalized spacial score (nSPS) is 10.9. The first-order valence-electron chi connectivity index (χ1n) is 6.70. The molecule has 5 heteroatoms. The van der Waals surface area contributed by atoms with E-state index in [9.17, 15) is 4.79 Å². The Kier molecular flexibility index (Phi) is 7.02. The number of nitrogens with zero attached hydrogens (tertiary/aromatic N) is 1. The van der Waals surface area contributed by atoms with Gasteiger partial charge in [-0.15, -0.1) is 0 Å². The summed E-state index contributed by atoms with van der Waals surface area (Å²) in [5.41, 5.74) is 1.14. The standard InChI is InChI=1S/C15H23BrN2O2/c1-11(2)8-17-15(19)10-18(3)9-12-5-6-14(20-4)13(16)7-12/h5-7,11H,8-10H2,1-4H3,(H,17,19). The monoisotopic (exact) mass is 342 g/mol. The van der Waals surface area contributed by atoms with Gasteiger partial charge in [0, 0.05) is 13.1 Å². The summed E-state index contributed by atoms with van der Waals surface area (Å²) < 4.78 is 6.13. The number of carbonyl (C=O) groups is 1. The Morgan fingerprint density at radius 3 is 2.70 bits per heavy atom. The van der Waals surface area contributed by atoms with Crippen LogP contribution in [0.2, 0.25) is 0 Å². The third-order valence-electron chi connectivity index (χ3n) is 2.79. The minimum Gasteiger partial charge on any atom is -0.496 e. The Labute approximate surface area is 129 Å². The minimum absolute atomic E-state index is 0.0637. The van der Waals surface area contributed by atoms with Gasteiger partial charge in [0.1, 0.15) is 5.75 Å². The molecule has 0 aliphatic heterocycles. The van der Waals surface area contributed by atoms with Gasteiger partial charge in [-0.1, -0.05) is 19.9 Å². The highest BCUT2D eigenvalue weighted by Crippen LogP contribution is 2.25. The van der Waals surface area contributed by atoms with Gasteiger partial charge in [0.15, 0.2) is 0 Å². The van der Waals surface area contributed by atoms with E-state index in [-0.39, 0.29) is 5.91 Å². The second-order valence-electron chi connectivity index (χ2n) is 5.34. The van der Waals surface area contributed by atoms with Gasteiger partial charge in [-0.25, -0.2) is 0 Å². The van der Waals surface area contributed by atoms with Crippen LogP contribution in [0.3, 0.4) is 0 Å². The van der Waals surface area contributed by atoms with E-state index in [1.165, 1.54) is 0 Å². The maximum absolute atomic E-state index is 11.7. The van der Waals surface area contributed by atoms with E-state index in [0.29, 0.717) is 12.5 Å². The summed E-state index contributed by atoms with van der Waals surface area (Å²) in [7, 11) is 3.58. The second kappa shape index (κ2) is 8.27. The number of carbonyl (C=O) groups excluding carboxylic acids is 1. The maximum Gasteiger partial charge on any atom is 0.234 e. The summed E-state index contributed by atoms with van der Waals surface area (Å²) in [6.45, 7) is 6.01. The third kappa shape index (κ3) is 5.92. The van der Waals surface area contributed by atoms with Crippen molar-refractivity contribution < 1.29 is 9.53 Å². The van der Waals surface area contributed by atoms with Gasteiger partial charge in [0.2, 0.25) is 5.91 Å². The van der Waals surface area contributed by atoms with Crippen molar-refractivity contribution >= 4 is 21.8 Å². The minimum atomic E-state index is 0.0637. The molecular formula is C15H23BrN2O2. The largest absolute Gasteiger partial charge is 0.496 e. The Morgan fingerprint density at radius 1 is 1.45 bits per heavy atom. The molecule has 4 nitrogen and oxygen atoms in total. The molecule has 20 heavy (non-hydrogen) atoms. The summed E-state index contributed by atoms with van der Waals surface area (Å²) in [5, 5.41) is 2.92. The van der Waals surface area contributed by atoms with Crippen molar-refractivity contribution in [2.75, 3.05) is 27.2 Å². The molecule has 0 radical (unpaired) electrons. The summed E-state index contributed by atoms with van der Waals surface area (Å²) in [6.07, 6.45) is 0. The SMILES string of the molecule is COc1ccc(CN(C)CC(=O)NCC(C)C)cc1Br. The molecule has 0 saturated heterocycles. The van der Waals surface area contributed by atoms with Crippen molar-refractivity contribution in [2.45, 2.75) is 20.4 Å². The van der Waals surface area contributed by atoms with E-state index in [1.807, 2.05) is 30.1 Å². The zero-order valence-electron chi connectivity index (χ0n) is 12.6. The number of methoxy groups -OCH3 is 1. The van der Waals surface area contributed by atoms with Gasteiger partial charge in [0.25, 0.3) is 0 Å². The fourth-order valence-corrected chi connectivity index (χ4v) is 2.38. The van der Waals surface area contributed by atoms with Gasteiger partial charge in [-0.3, -0.25) is 9.69 Å². The van der Waals surface area contributed by atoms with Crippen LogP contribution < -0.4 is 10.1 Å². The fraction of sp³-hybridized carbons (Fsp3) is 0.533. The predicted octanol–water partition coefficient (Wildman–Crippen LogP) is 2.66. The average Bonchev–Trinajstić information content (AvgIpc) is 2.36. The molecule has 1 aromatic rings. The van der Waals surface area contributed by atoms with Crippen molar-refractivity contribution in [2.24, 2.45) is 5.92 Å². The van der Waals surface area contributed by atoms with Crippen LogP contribution in [0.1, 0.15) is 19.4 Å². The molecule has 1 amide bonds. The first-order valence-corrected chi connectivity index (χ1v) is 7.49. The van der Waals surface area contributed by atoms with Crippen LogP contribution >= 0.6 is 15.9 Å². The first-order chi connectivity index (χ1) is 9.42. The summed E-state index contributed by atoms with van der Waals surface area (Å²) in [4.78, 5) is 13.7. The van der Waals surface area contributed by atoms with Crippen LogP contribution in [-0.4, -0.2) is 38.1 Å². The quantitative estimate of drug-likeness (QED) is 0.828. The van der Waals surface area contributed by atoms with Gasteiger partial charge in [0.05, 0.1) is 18.1 Å². The Bertz CT molecular complexity index is 449. The lowest BCUT2D eigenvalue weighted by Crippen LogP contribution is -2.36. The molecule has 0 fully saturated rings. The van der Waals surface area contributed by atoms with Crippen molar-refractivity contribution in [1.82, 2.24) is 10.2 Å². The summed E-state index contributed by atoms with van der Waals surface area (Å²) in [5.74, 6) is 1.35. The van der Waals surface area contributed by atoms with E-state index >= 15 is 0 Å². The molecule has 0 bridgehead atoms. The van der Waals surface area contributed by atoms with Gasteiger partial charge < -0.3 is 10.1 Å². The topological polar surface area (TPSA) is 41.6 Å². The number of rotatable bonds is 7. The first kappa shape index (κ1) is 17.0. The number of likely N-dealkylation sites (N-methyl/N-ethyl adjacent to an activating group) is 1. The summed E-state index contributed by atoms with van der Waals surface area (Å²) >= 11 is 3.47. The predicted molar refractivity (Wildman–Crippen MR) is 84.9 cm³/mol. The van der Waals surface area contributed by atoms with Crippen molar-refractivity contribution in [3.63, 3.8) is 0 Å². The zero-order valence-corrected chi connectivity index (χ0v) is 14.2. The fourth-order valence-electron chi connectivity index (χ4n) is 1.79. The number of nitrogens with one attached hydrogen (secondary N) is 1. The van der Waals surface area contributed by atoms with E-state index in [0.717, 1.165) is 28.9 Å². The number of amides is 1. The molecule has 0 unspecified atom stereocenters. The lowest BCUT2D eigenvalue weighted by molar-refractivity contribution is -0.122. The molecule has 0 saturated carbocycles. The average molecular weight is 343 g/mol. The van der Waals surface area contributed by atoms with Gasteiger partial charge >= 0.3 is 0 Å². The Hall–Kier alpha value is -1.07. The molecule has 1 aromatic carbocycles. The zero-order chi connectivity index (χ0) is 15.1. The highest BCUT2D eigenvalue weighted by molar-refractivity contribution is 9.10. The van der Waals surface area contributed by atoms with Crippen LogP contribution in [-0.2, 0) is 11.3 Å². The van der Waals surface area contributed by atoms with E-state index in [2.05, 4.69) is 35.1 Å². The molecular weight excluding hydrogens is 320 g/mol. The van der Waals surface area contributed by atoms with Crippen molar-refractivity contribution in [3.05, 3.63) is 28.2 Å². The molecule has 0 spiro atoms. The lowest BCUT2D eigenvalue weighted by Gasteiger charge is -2.17. The number of hydrogen-bond donors (Lipinski definition) is 1. The molecule has 112 valence electrons. The number of hydrogen-bond acceptors (Lipinski definition) is 3. The maximum atomic E-state index is 11.7. The Balaban J connectivity index is 2.47. The highest BCUT2D eigenvalue weighted by atomic mass is 79.9. The van der Waals surface area contributed by atoms with Crippen molar-refractivity contribution in [1.29, 1.82) is 0 Å². The number of halogens is 1. The van der Waals surface area contributed by atoms with E-state index < -0.39 is 0 Å². The van der Waals surface area contributed by atoms with Gasteiger partial charge in [-0.05, 0) is 46.6 Å². The molecule has 0 aliphatic carbocycles. The third-order valence-corrected chi connectivity index (χ3v) is 3.41. The summed E-state index contributed by atoms with van der Waals surface area (Å²) in [6, 6.07) is 5.94. The lowest BCUT2D eigenvalue weighted by atomic mass is 10.2. The molecule has 0 aliphatic rings. The van der Waals surface area contributed by atoms with Crippen molar-refractivity contribution in [3.8, 4) is 5.75 Å². The van der Waals surface area contributed by atoms with E-state index in [1.54, 1.807) is 7.11 Å². The second-order valence-corrected chi connectivity index (χ2v) is 6.19. The molecule has 0 atom stereocenters. The Morgan fingerprint density at radius 2 is 2.15 bits per heavy atom. The molecule has 1 rings (SSSR count). The van der Waals surface area contributed by atoms with Crippen LogP contribution in [0.4, 0.5) is 0 Å². The molecule has 1 N–H and O–H groups in total.